The number of nitrogens with zero attached hydrogens (tertiary/aromatic N) is 1. The SMILES string of the molecule is CC(C(=O)Nc1ccc(Cl)cc1)C1[C@H]2CC(Oc3ccnc4ccc(F)cc34)C[C@@H]12. The summed E-state index contributed by atoms with van der Waals surface area (Å²) in [6.07, 6.45) is 3.63. The Morgan fingerprint density at radius 3 is 2.63 bits per heavy atom. The standard InChI is InChI=1S/C24H22ClFN2O2/c1-13(24(29)28-16-5-2-14(25)3-6-16)23-18-11-17(12-19(18)23)30-22-8-9-27-21-7-4-15(26)10-20(21)22/h2-10,13,17-19,23H,11-12H2,1H3,(H,28,29)/t13?,17?,18-,19+,23?. The van der Waals surface area contributed by atoms with Crippen molar-refractivity contribution in [1.29, 1.82) is 0 Å². The molecule has 0 bridgehead atoms. The van der Waals surface area contributed by atoms with Gasteiger partial charge in [0.25, 0.3) is 0 Å². The van der Waals surface area contributed by atoms with Crippen LogP contribution in [0.15, 0.2) is 54.7 Å². The lowest BCUT2D eigenvalue weighted by molar-refractivity contribution is -0.120. The van der Waals surface area contributed by atoms with Crippen molar-refractivity contribution >= 4 is 34.1 Å². The average molecular weight is 425 g/mol. The molecule has 1 aromatic heterocycles. The van der Waals surface area contributed by atoms with Crippen molar-refractivity contribution in [2.24, 2.45) is 23.7 Å². The zero-order chi connectivity index (χ0) is 20.8. The van der Waals surface area contributed by atoms with E-state index in [9.17, 15) is 9.18 Å². The number of pyridine rings is 1. The molecule has 0 spiro atoms. The quantitative estimate of drug-likeness (QED) is 0.571. The number of halogens is 2. The van der Waals surface area contributed by atoms with Crippen LogP contribution >= 0.6 is 11.6 Å². The molecule has 4 nitrogen and oxygen atoms in total. The van der Waals surface area contributed by atoms with E-state index >= 15 is 0 Å². The summed E-state index contributed by atoms with van der Waals surface area (Å²) in [5, 5.41) is 4.33. The number of carbonyl (C=O) groups excluding carboxylic acids is 1. The van der Waals surface area contributed by atoms with Crippen molar-refractivity contribution in [2.45, 2.75) is 25.9 Å². The average Bonchev–Trinajstić information content (AvgIpc) is 3.24. The van der Waals surface area contributed by atoms with E-state index in [0.717, 1.165) is 24.0 Å². The van der Waals surface area contributed by atoms with Gasteiger partial charge in [-0.05, 0) is 79.1 Å². The van der Waals surface area contributed by atoms with Gasteiger partial charge in [-0.1, -0.05) is 18.5 Å². The summed E-state index contributed by atoms with van der Waals surface area (Å²) < 4.78 is 19.9. The van der Waals surface area contributed by atoms with Crippen LogP contribution in [0.2, 0.25) is 5.02 Å². The summed E-state index contributed by atoms with van der Waals surface area (Å²) >= 11 is 5.90. The number of nitrogens with one attached hydrogen (secondary N) is 1. The Bertz CT molecular complexity index is 1090. The maximum Gasteiger partial charge on any atom is 0.227 e. The van der Waals surface area contributed by atoms with Crippen LogP contribution in [0.3, 0.4) is 0 Å². The molecular formula is C24H22ClFN2O2. The van der Waals surface area contributed by atoms with Crippen molar-refractivity contribution < 1.29 is 13.9 Å². The lowest BCUT2D eigenvalue weighted by atomic mass is 9.97. The van der Waals surface area contributed by atoms with E-state index in [2.05, 4.69) is 10.3 Å². The van der Waals surface area contributed by atoms with Crippen LogP contribution in [0.5, 0.6) is 5.75 Å². The van der Waals surface area contributed by atoms with Crippen LogP contribution in [0, 0.1) is 29.5 Å². The number of ether oxygens (including phenoxy) is 1. The van der Waals surface area contributed by atoms with Crippen molar-refractivity contribution in [3.8, 4) is 5.75 Å². The lowest BCUT2D eigenvalue weighted by Gasteiger charge is -2.20. The number of hydrogen-bond acceptors (Lipinski definition) is 3. The van der Waals surface area contributed by atoms with E-state index in [4.69, 9.17) is 16.3 Å². The normalized spacial score (nSPS) is 25.6. The van der Waals surface area contributed by atoms with E-state index in [1.165, 1.54) is 12.1 Å². The van der Waals surface area contributed by atoms with Gasteiger partial charge in [0.15, 0.2) is 0 Å². The third-order valence-corrected chi connectivity index (χ3v) is 6.78. The van der Waals surface area contributed by atoms with Gasteiger partial charge >= 0.3 is 0 Å². The van der Waals surface area contributed by atoms with Crippen LogP contribution < -0.4 is 10.1 Å². The second-order valence-electron chi connectivity index (χ2n) is 8.37. The maximum absolute atomic E-state index is 13.7. The van der Waals surface area contributed by atoms with Gasteiger partial charge in [-0.3, -0.25) is 9.78 Å². The molecule has 2 saturated carbocycles. The molecule has 2 aromatic carbocycles. The van der Waals surface area contributed by atoms with Gasteiger partial charge in [0.05, 0.1) is 11.6 Å². The highest BCUT2D eigenvalue weighted by atomic mass is 35.5. The zero-order valence-corrected chi connectivity index (χ0v) is 17.3. The van der Waals surface area contributed by atoms with E-state index in [0.29, 0.717) is 33.9 Å². The zero-order valence-electron chi connectivity index (χ0n) is 16.5. The first-order chi connectivity index (χ1) is 14.5. The molecule has 2 fully saturated rings. The number of aromatic nitrogens is 1. The molecule has 30 heavy (non-hydrogen) atoms. The van der Waals surface area contributed by atoms with Crippen molar-refractivity contribution in [3.05, 3.63) is 65.6 Å². The Labute approximate surface area is 179 Å². The Hall–Kier alpha value is -2.66. The summed E-state index contributed by atoms with van der Waals surface area (Å²) in [5.74, 6) is 1.78. The molecule has 2 aliphatic rings. The molecule has 3 aromatic rings. The van der Waals surface area contributed by atoms with Gasteiger partial charge in [-0.15, -0.1) is 0 Å². The highest BCUT2D eigenvalue weighted by Gasteiger charge is 2.59. The summed E-state index contributed by atoms with van der Waals surface area (Å²) in [6.45, 7) is 2.00. The molecule has 3 unspecified atom stereocenters. The summed E-state index contributed by atoms with van der Waals surface area (Å²) in [4.78, 5) is 16.9. The molecule has 0 saturated heterocycles. The van der Waals surface area contributed by atoms with Crippen LogP contribution in [0.1, 0.15) is 19.8 Å². The van der Waals surface area contributed by atoms with Gasteiger partial charge in [-0.25, -0.2) is 4.39 Å². The predicted octanol–water partition coefficient (Wildman–Crippen LogP) is 5.71. The second-order valence-corrected chi connectivity index (χ2v) is 8.81. The van der Waals surface area contributed by atoms with E-state index in [1.54, 1.807) is 30.5 Å². The molecule has 5 atom stereocenters. The molecule has 2 aliphatic carbocycles. The third-order valence-electron chi connectivity index (χ3n) is 6.53. The Kier molecular flexibility index (Phi) is 4.86. The van der Waals surface area contributed by atoms with Crippen LogP contribution in [-0.2, 0) is 4.79 Å². The number of anilines is 1. The number of hydrogen-bond donors (Lipinski definition) is 1. The molecule has 0 radical (unpaired) electrons. The minimum absolute atomic E-state index is 0.0461. The molecule has 1 heterocycles. The van der Waals surface area contributed by atoms with Gasteiger partial charge in [0, 0.05) is 28.2 Å². The first-order valence-electron chi connectivity index (χ1n) is 10.3. The Morgan fingerprint density at radius 1 is 1.17 bits per heavy atom. The molecule has 6 heteroatoms. The maximum atomic E-state index is 13.7. The Morgan fingerprint density at radius 2 is 1.90 bits per heavy atom. The van der Waals surface area contributed by atoms with Crippen LogP contribution in [0.25, 0.3) is 10.9 Å². The van der Waals surface area contributed by atoms with Crippen molar-refractivity contribution in [2.75, 3.05) is 5.32 Å². The number of fused-ring (bicyclic) bond motifs is 2. The molecule has 154 valence electrons. The van der Waals surface area contributed by atoms with Crippen LogP contribution in [0.4, 0.5) is 10.1 Å². The lowest BCUT2D eigenvalue weighted by Crippen LogP contribution is -2.25. The van der Waals surface area contributed by atoms with Crippen molar-refractivity contribution in [3.63, 3.8) is 0 Å². The monoisotopic (exact) mass is 424 g/mol. The van der Waals surface area contributed by atoms with E-state index < -0.39 is 0 Å². The number of carbonyl (C=O) groups is 1. The van der Waals surface area contributed by atoms with E-state index in [1.807, 2.05) is 19.1 Å². The fourth-order valence-electron chi connectivity index (χ4n) is 5.02. The highest BCUT2D eigenvalue weighted by molar-refractivity contribution is 6.30. The second kappa shape index (κ2) is 7.55. The first kappa shape index (κ1) is 19.3. The summed E-state index contributed by atoms with van der Waals surface area (Å²) in [5.41, 5.74) is 1.49. The molecule has 1 N–H and O–H groups in total. The number of amides is 1. The fourth-order valence-corrected chi connectivity index (χ4v) is 5.15. The molecule has 5 rings (SSSR count). The predicted molar refractivity (Wildman–Crippen MR) is 115 cm³/mol. The number of benzene rings is 2. The molecular weight excluding hydrogens is 403 g/mol. The van der Waals surface area contributed by atoms with Crippen LogP contribution in [-0.4, -0.2) is 17.0 Å². The van der Waals surface area contributed by atoms with Gasteiger partial charge in [-0.2, -0.15) is 0 Å². The minimum atomic E-state index is -0.296. The van der Waals surface area contributed by atoms with Gasteiger partial charge < -0.3 is 10.1 Å². The third kappa shape index (κ3) is 3.63. The minimum Gasteiger partial charge on any atom is -0.490 e. The smallest absolute Gasteiger partial charge is 0.227 e. The summed E-state index contributed by atoms with van der Waals surface area (Å²) in [7, 11) is 0. The fraction of sp³-hybridized carbons (Fsp3) is 0.333. The van der Waals surface area contributed by atoms with Gasteiger partial charge in [0.2, 0.25) is 5.91 Å². The molecule has 0 aliphatic heterocycles. The largest absolute Gasteiger partial charge is 0.490 e. The highest BCUT2D eigenvalue weighted by Crippen LogP contribution is 2.61. The summed E-state index contributed by atoms with van der Waals surface area (Å²) in [6, 6.07) is 13.5. The van der Waals surface area contributed by atoms with Crippen molar-refractivity contribution in [1.82, 2.24) is 4.98 Å². The first-order valence-corrected chi connectivity index (χ1v) is 10.6. The van der Waals surface area contributed by atoms with Gasteiger partial charge in [0.1, 0.15) is 11.6 Å². The number of rotatable bonds is 5. The molecule has 1 amide bonds. The Balaban J connectivity index is 1.20. The van der Waals surface area contributed by atoms with E-state index in [-0.39, 0.29) is 23.7 Å². The topological polar surface area (TPSA) is 51.2 Å².